The molecule has 3 aromatic rings. The SMILES string of the molecule is COc1ccc(CC(=O)Nc2ccc(C3CCN(C(=O)/C=C/c4ccc([N+](=O)[O-])o4)CC3)cc2)cc1C. The van der Waals surface area contributed by atoms with Gasteiger partial charge >= 0.3 is 5.88 Å². The maximum absolute atomic E-state index is 12.5. The fourth-order valence-corrected chi connectivity index (χ4v) is 4.50. The first-order valence-electron chi connectivity index (χ1n) is 12.1. The van der Waals surface area contributed by atoms with Crippen LogP contribution >= 0.6 is 0 Å². The summed E-state index contributed by atoms with van der Waals surface area (Å²) in [6, 6.07) is 16.3. The summed E-state index contributed by atoms with van der Waals surface area (Å²) in [5.74, 6) is 0.803. The molecule has 0 saturated carbocycles. The Morgan fingerprint density at radius 1 is 1.14 bits per heavy atom. The number of likely N-dealkylation sites (tertiary alicyclic amines) is 1. The monoisotopic (exact) mass is 503 g/mol. The number of piperidine rings is 1. The molecule has 1 aromatic heterocycles. The van der Waals surface area contributed by atoms with Crippen LogP contribution in [0.4, 0.5) is 11.6 Å². The molecule has 37 heavy (non-hydrogen) atoms. The van der Waals surface area contributed by atoms with E-state index in [1.54, 1.807) is 12.0 Å². The molecule has 0 atom stereocenters. The summed E-state index contributed by atoms with van der Waals surface area (Å²) in [5, 5.41) is 13.6. The minimum Gasteiger partial charge on any atom is -0.496 e. The molecule has 2 amide bonds. The summed E-state index contributed by atoms with van der Waals surface area (Å²) < 4.78 is 10.3. The van der Waals surface area contributed by atoms with E-state index in [-0.39, 0.29) is 29.9 Å². The molecule has 0 unspecified atom stereocenters. The van der Waals surface area contributed by atoms with Gasteiger partial charge in [-0.3, -0.25) is 19.7 Å². The summed E-state index contributed by atoms with van der Waals surface area (Å²) in [6.45, 7) is 3.19. The van der Waals surface area contributed by atoms with Crippen LogP contribution < -0.4 is 10.1 Å². The van der Waals surface area contributed by atoms with Crippen LogP contribution in [-0.4, -0.2) is 41.8 Å². The lowest BCUT2D eigenvalue weighted by atomic mass is 9.89. The standard InChI is InChI=1S/C28H29N3O6/c1-19-17-20(3-10-25(19)36-2)18-26(32)29-23-6-4-21(5-7-23)22-13-15-30(16-14-22)27(33)11-8-24-9-12-28(37-24)31(34)35/h3-12,17,22H,13-16,18H2,1-2H3,(H,29,32)/b11-8+. The van der Waals surface area contributed by atoms with Crippen LogP contribution in [0.2, 0.25) is 0 Å². The van der Waals surface area contributed by atoms with E-state index in [2.05, 4.69) is 5.32 Å². The number of nitro groups is 1. The van der Waals surface area contributed by atoms with Crippen LogP contribution in [0.25, 0.3) is 6.08 Å². The van der Waals surface area contributed by atoms with Crippen molar-refractivity contribution in [3.05, 3.63) is 93.2 Å². The first kappa shape index (κ1) is 25.7. The fraction of sp³-hybridized carbons (Fsp3) is 0.286. The summed E-state index contributed by atoms with van der Waals surface area (Å²) in [4.78, 5) is 36.8. The second-order valence-corrected chi connectivity index (χ2v) is 9.02. The van der Waals surface area contributed by atoms with Gasteiger partial charge in [-0.15, -0.1) is 0 Å². The van der Waals surface area contributed by atoms with E-state index < -0.39 is 4.92 Å². The van der Waals surface area contributed by atoms with Crippen LogP contribution in [0.3, 0.4) is 0 Å². The predicted octanol–water partition coefficient (Wildman–Crippen LogP) is 5.11. The molecule has 1 aliphatic rings. The van der Waals surface area contributed by atoms with Gasteiger partial charge in [-0.2, -0.15) is 0 Å². The first-order chi connectivity index (χ1) is 17.8. The van der Waals surface area contributed by atoms with Gasteiger partial charge in [-0.05, 0) is 72.7 Å². The van der Waals surface area contributed by atoms with E-state index in [0.29, 0.717) is 19.0 Å². The fourth-order valence-electron chi connectivity index (χ4n) is 4.50. The van der Waals surface area contributed by atoms with Crippen molar-refractivity contribution in [2.45, 2.75) is 32.1 Å². The Kier molecular flexibility index (Phi) is 8.02. The summed E-state index contributed by atoms with van der Waals surface area (Å²) in [5.41, 5.74) is 3.84. The highest BCUT2D eigenvalue weighted by Crippen LogP contribution is 2.29. The third kappa shape index (κ3) is 6.63. The van der Waals surface area contributed by atoms with Gasteiger partial charge in [0.25, 0.3) is 0 Å². The van der Waals surface area contributed by atoms with Gasteiger partial charge in [0.05, 0.1) is 19.6 Å². The molecular formula is C28H29N3O6. The van der Waals surface area contributed by atoms with Crippen molar-refractivity contribution in [3.8, 4) is 5.75 Å². The third-order valence-corrected chi connectivity index (χ3v) is 6.48. The molecule has 0 spiro atoms. The summed E-state index contributed by atoms with van der Waals surface area (Å²) >= 11 is 0. The van der Waals surface area contributed by atoms with E-state index in [4.69, 9.17) is 9.15 Å². The highest BCUT2D eigenvalue weighted by molar-refractivity contribution is 5.92. The average Bonchev–Trinajstić information content (AvgIpc) is 3.37. The lowest BCUT2D eigenvalue weighted by Crippen LogP contribution is -2.36. The topological polar surface area (TPSA) is 115 Å². The van der Waals surface area contributed by atoms with Gasteiger partial charge in [0.15, 0.2) is 0 Å². The third-order valence-electron chi connectivity index (χ3n) is 6.48. The molecule has 1 N–H and O–H groups in total. The lowest BCUT2D eigenvalue weighted by Gasteiger charge is -2.31. The number of nitrogens with zero attached hydrogens (tertiary/aromatic N) is 2. The molecule has 2 aromatic carbocycles. The van der Waals surface area contributed by atoms with E-state index in [1.165, 1.54) is 29.8 Å². The highest BCUT2D eigenvalue weighted by Gasteiger charge is 2.23. The molecule has 9 nitrogen and oxygen atoms in total. The van der Waals surface area contributed by atoms with Gasteiger partial charge in [-0.25, -0.2) is 0 Å². The van der Waals surface area contributed by atoms with Gasteiger partial charge < -0.3 is 19.4 Å². The molecule has 2 heterocycles. The Morgan fingerprint density at radius 3 is 2.49 bits per heavy atom. The van der Waals surface area contributed by atoms with Crippen molar-refractivity contribution in [1.29, 1.82) is 0 Å². The van der Waals surface area contributed by atoms with Crippen molar-refractivity contribution in [2.24, 2.45) is 0 Å². The zero-order chi connectivity index (χ0) is 26.4. The first-order valence-corrected chi connectivity index (χ1v) is 12.1. The number of amides is 2. The molecule has 1 fully saturated rings. The predicted molar refractivity (Wildman–Crippen MR) is 139 cm³/mol. The molecular weight excluding hydrogens is 474 g/mol. The van der Waals surface area contributed by atoms with Gasteiger partial charge in [0.1, 0.15) is 16.4 Å². The molecule has 9 heteroatoms. The number of ether oxygens (including phenoxy) is 1. The van der Waals surface area contributed by atoms with E-state index in [9.17, 15) is 19.7 Å². The largest absolute Gasteiger partial charge is 0.496 e. The minimum atomic E-state index is -0.617. The molecule has 4 rings (SSSR count). The lowest BCUT2D eigenvalue weighted by molar-refractivity contribution is -0.402. The Bertz CT molecular complexity index is 1300. The molecule has 0 radical (unpaired) electrons. The van der Waals surface area contributed by atoms with Crippen molar-refractivity contribution >= 4 is 29.5 Å². The number of anilines is 1. The van der Waals surface area contributed by atoms with Crippen molar-refractivity contribution in [3.63, 3.8) is 0 Å². The number of carbonyl (C=O) groups is 2. The number of benzene rings is 2. The zero-order valence-electron chi connectivity index (χ0n) is 20.8. The Labute approximate surface area is 214 Å². The number of nitrogens with one attached hydrogen (secondary N) is 1. The molecule has 0 bridgehead atoms. The molecule has 0 aliphatic carbocycles. The number of methoxy groups -OCH3 is 1. The number of hydrogen-bond acceptors (Lipinski definition) is 6. The van der Waals surface area contributed by atoms with E-state index >= 15 is 0 Å². The maximum atomic E-state index is 12.5. The quantitative estimate of drug-likeness (QED) is 0.260. The second kappa shape index (κ2) is 11.6. The smallest absolute Gasteiger partial charge is 0.433 e. The van der Waals surface area contributed by atoms with E-state index in [0.717, 1.165) is 35.4 Å². The Morgan fingerprint density at radius 2 is 1.86 bits per heavy atom. The summed E-state index contributed by atoms with van der Waals surface area (Å²) in [6.07, 6.45) is 4.77. The second-order valence-electron chi connectivity index (χ2n) is 9.02. The number of aryl methyl sites for hydroxylation is 1. The van der Waals surface area contributed by atoms with Crippen molar-refractivity contribution in [2.75, 3.05) is 25.5 Å². The average molecular weight is 504 g/mol. The summed E-state index contributed by atoms with van der Waals surface area (Å²) in [7, 11) is 1.63. The van der Waals surface area contributed by atoms with E-state index in [1.807, 2.05) is 49.4 Å². The Hall–Kier alpha value is -4.40. The molecule has 192 valence electrons. The number of furan rings is 1. The Balaban J connectivity index is 1.25. The van der Waals surface area contributed by atoms with Crippen LogP contribution in [0.15, 0.2) is 65.1 Å². The van der Waals surface area contributed by atoms with Gasteiger partial charge in [0, 0.05) is 24.9 Å². The van der Waals surface area contributed by atoms with Gasteiger partial charge in [0.2, 0.25) is 11.8 Å². The van der Waals surface area contributed by atoms with Crippen molar-refractivity contribution in [1.82, 2.24) is 4.90 Å². The van der Waals surface area contributed by atoms with Gasteiger partial charge in [-0.1, -0.05) is 24.3 Å². The molecule has 1 aliphatic heterocycles. The maximum Gasteiger partial charge on any atom is 0.433 e. The minimum absolute atomic E-state index is 0.0821. The zero-order valence-corrected chi connectivity index (χ0v) is 20.8. The normalized spacial score (nSPS) is 14.1. The number of carbonyl (C=O) groups excluding carboxylic acids is 2. The molecule has 1 saturated heterocycles. The van der Waals surface area contributed by atoms with Crippen LogP contribution in [0.5, 0.6) is 5.75 Å². The van der Waals surface area contributed by atoms with Crippen LogP contribution in [0, 0.1) is 17.0 Å². The van der Waals surface area contributed by atoms with Crippen molar-refractivity contribution < 1.29 is 23.7 Å². The highest BCUT2D eigenvalue weighted by atomic mass is 16.6. The number of rotatable bonds is 8. The van der Waals surface area contributed by atoms with Crippen LogP contribution in [0.1, 0.15) is 41.2 Å². The number of hydrogen-bond donors (Lipinski definition) is 1. The van der Waals surface area contributed by atoms with Crippen LogP contribution in [-0.2, 0) is 16.0 Å².